The Morgan fingerprint density at radius 2 is 2.12 bits per heavy atom. The van der Waals surface area contributed by atoms with Gasteiger partial charge in [0.15, 0.2) is 0 Å². The Kier molecular flexibility index (Phi) is 4.55. The van der Waals surface area contributed by atoms with Gasteiger partial charge in [-0.3, -0.25) is 9.52 Å². The molecule has 2 N–H and O–H groups in total. The van der Waals surface area contributed by atoms with E-state index in [-0.39, 0.29) is 5.91 Å². The van der Waals surface area contributed by atoms with E-state index in [0.29, 0.717) is 13.0 Å². The highest BCUT2D eigenvalue weighted by atomic mass is 32.2. The zero-order chi connectivity index (χ0) is 13.1. The number of amides is 1. The van der Waals surface area contributed by atoms with Gasteiger partial charge in [-0.1, -0.05) is 13.3 Å². The molecule has 5 nitrogen and oxygen atoms in total. The third-order valence-corrected chi connectivity index (χ3v) is 5.02. The molecule has 1 aliphatic heterocycles. The van der Waals surface area contributed by atoms with Gasteiger partial charge in [-0.15, -0.1) is 0 Å². The van der Waals surface area contributed by atoms with E-state index in [9.17, 15) is 13.2 Å². The van der Waals surface area contributed by atoms with Gasteiger partial charge >= 0.3 is 0 Å². The number of nitrogens with one attached hydrogen (secondary N) is 2. The van der Waals surface area contributed by atoms with Crippen molar-refractivity contribution in [2.24, 2.45) is 5.41 Å². The summed E-state index contributed by atoms with van der Waals surface area (Å²) >= 11 is 0. The Morgan fingerprint density at radius 3 is 2.53 bits per heavy atom. The molecule has 1 amide bonds. The first-order chi connectivity index (χ1) is 7.84. The quantitative estimate of drug-likeness (QED) is 0.761. The van der Waals surface area contributed by atoms with Gasteiger partial charge < -0.3 is 5.32 Å². The number of hydrogen-bond donors (Lipinski definition) is 2. The van der Waals surface area contributed by atoms with Gasteiger partial charge in [0, 0.05) is 6.54 Å². The van der Waals surface area contributed by atoms with Crippen molar-refractivity contribution in [3.63, 3.8) is 0 Å². The van der Waals surface area contributed by atoms with Crippen LogP contribution in [0.3, 0.4) is 0 Å². The number of hydrogen-bond acceptors (Lipinski definition) is 4. The minimum atomic E-state index is -3.52. The highest BCUT2D eigenvalue weighted by molar-refractivity contribution is 7.90. The molecule has 1 fully saturated rings. The third kappa shape index (κ3) is 3.19. The Hall–Kier alpha value is -0.620. The van der Waals surface area contributed by atoms with Gasteiger partial charge in [-0.05, 0) is 33.2 Å². The molecule has 1 rings (SSSR count). The van der Waals surface area contributed by atoms with Crippen LogP contribution in [0.5, 0.6) is 0 Å². The maximum atomic E-state index is 12.1. The normalized spacial score (nSPS) is 25.2. The lowest BCUT2D eigenvalue weighted by Crippen LogP contribution is -2.46. The van der Waals surface area contributed by atoms with E-state index in [1.807, 2.05) is 6.92 Å². The van der Waals surface area contributed by atoms with Crippen LogP contribution in [-0.4, -0.2) is 32.7 Å². The Bertz CT molecular complexity index is 370. The van der Waals surface area contributed by atoms with Crippen molar-refractivity contribution in [3.05, 3.63) is 0 Å². The largest absolute Gasteiger partial charge is 0.316 e. The SMILES string of the molecule is CCCC1(C(=O)NS(=O)(=O)C(C)C)CCNC1. The van der Waals surface area contributed by atoms with E-state index < -0.39 is 20.7 Å². The van der Waals surface area contributed by atoms with Gasteiger partial charge in [0.2, 0.25) is 15.9 Å². The Labute approximate surface area is 103 Å². The van der Waals surface area contributed by atoms with Crippen LogP contribution in [0.4, 0.5) is 0 Å². The van der Waals surface area contributed by atoms with E-state index >= 15 is 0 Å². The molecule has 0 aromatic rings. The average Bonchev–Trinajstić information content (AvgIpc) is 2.67. The van der Waals surface area contributed by atoms with Gasteiger partial charge in [0.1, 0.15) is 0 Å². The van der Waals surface area contributed by atoms with Gasteiger partial charge in [0.05, 0.1) is 10.7 Å². The smallest absolute Gasteiger partial charge is 0.240 e. The third-order valence-electron chi connectivity index (χ3n) is 3.31. The molecule has 1 saturated heterocycles. The highest BCUT2D eigenvalue weighted by Crippen LogP contribution is 2.31. The molecule has 6 heteroatoms. The maximum absolute atomic E-state index is 12.1. The zero-order valence-corrected chi connectivity index (χ0v) is 11.6. The standard InChI is InChI=1S/C11H22N2O3S/c1-4-5-11(6-7-12-8-11)10(14)13-17(15,16)9(2)3/h9,12H,4-8H2,1-3H3,(H,13,14). The van der Waals surface area contributed by atoms with Crippen LogP contribution in [0.25, 0.3) is 0 Å². The minimum Gasteiger partial charge on any atom is -0.316 e. The molecule has 0 saturated carbocycles. The molecule has 0 radical (unpaired) electrons. The average molecular weight is 262 g/mol. The Morgan fingerprint density at radius 1 is 1.47 bits per heavy atom. The lowest BCUT2D eigenvalue weighted by Gasteiger charge is -2.26. The molecule has 0 aromatic carbocycles. The Balaban J connectivity index is 2.80. The molecule has 17 heavy (non-hydrogen) atoms. The van der Waals surface area contributed by atoms with Gasteiger partial charge in [0.25, 0.3) is 0 Å². The summed E-state index contributed by atoms with van der Waals surface area (Å²) in [7, 11) is -3.52. The van der Waals surface area contributed by atoms with Crippen LogP contribution < -0.4 is 10.0 Å². The summed E-state index contributed by atoms with van der Waals surface area (Å²) in [6.07, 6.45) is 2.30. The number of sulfonamides is 1. The molecular weight excluding hydrogens is 240 g/mol. The topological polar surface area (TPSA) is 75.3 Å². The first-order valence-corrected chi connectivity index (χ1v) is 7.65. The van der Waals surface area contributed by atoms with Gasteiger partial charge in [-0.2, -0.15) is 0 Å². The van der Waals surface area contributed by atoms with Crippen LogP contribution in [0.2, 0.25) is 0 Å². The summed E-state index contributed by atoms with van der Waals surface area (Å²) in [6, 6.07) is 0. The lowest BCUT2D eigenvalue weighted by molar-refractivity contribution is -0.128. The fourth-order valence-corrected chi connectivity index (χ4v) is 2.81. The van der Waals surface area contributed by atoms with Crippen molar-refractivity contribution < 1.29 is 13.2 Å². The molecule has 1 atom stereocenters. The molecule has 0 bridgehead atoms. The molecule has 1 unspecified atom stereocenters. The van der Waals surface area contributed by atoms with Crippen molar-refractivity contribution in [1.29, 1.82) is 0 Å². The van der Waals surface area contributed by atoms with Crippen molar-refractivity contribution >= 4 is 15.9 Å². The van der Waals surface area contributed by atoms with Crippen molar-refractivity contribution in [2.75, 3.05) is 13.1 Å². The van der Waals surface area contributed by atoms with Crippen LogP contribution in [-0.2, 0) is 14.8 Å². The van der Waals surface area contributed by atoms with E-state index in [4.69, 9.17) is 0 Å². The van der Waals surface area contributed by atoms with Crippen molar-refractivity contribution in [1.82, 2.24) is 10.0 Å². The first-order valence-electron chi connectivity index (χ1n) is 6.11. The second-order valence-corrected chi connectivity index (χ2v) is 7.22. The highest BCUT2D eigenvalue weighted by Gasteiger charge is 2.42. The van der Waals surface area contributed by atoms with Crippen LogP contribution in [0, 0.1) is 5.41 Å². The lowest BCUT2D eigenvalue weighted by atomic mass is 9.82. The molecule has 1 heterocycles. The van der Waals surface area contributed by atoms with Crippen LogP contribution in [0.15, 0.2) is 0 Å². The van der Waals surface area contributed by atoms with E-state index in [1.165, 1.54) is 0 Å². The van der Waals surface area contributed by atoms with E-state index in [1.54, 1.807) is 13.8 Å². The minimum absolute atomic E-state index is 0.349. The molecule has 0 spiro atoms. The fraction of sp³-hybridized carbons (Fsp3) is 0.909. The number of carbonyl (C=O) groups is 1. The van der Waals surface area contributed by atoms with Crippen molar-refractivity contribution in [2.45, 2.75) is 45.3 Å². The fourth-order valence-electron chi connectivity index (χ4n) is 2.10. The van der Waals surface area contributed by atoms with E-state index in [0.717, 1.165) is 19.4 Å². The van der Waals surface area contributed by atoms with E-state index in [2.05, 4.69) is 10.0 Å². The second kappa shape index (κ2) is 5.35. The predicted octanol–water partition coefficient (Wildman–Crippen LogP) is 0.621. The summed E-state index contributed by atoms with van der Waals surface area (Å²) in [5.74, 6) is -0.349. The first kappa shape index (κ1) is 14.4. The summed E-state index contributed by atoms with van der Waals surface area (Å²) in [5.41, 5.74) is -0.545. The monoisotopic (exact) mass is 262 g/mol. The summed E-state index contributed by atoms with van der Waals surface area (Å²) in [6.45, 7) is 6.48. The summed E-state index contributed by atoms with van der Waals surface area (Å²) in [5, 5.41) is 2.55. The molecule has 0 aliphatic carbocycles. The number of carbonyl (C=O) groups excluding carboxylic acids is 1. The number of rotatable bonds is 5. The molecule has 1 aliphatic rings. The zero-order valence-electron chi connectivity index (χ0n) is 10.7. The van der Waals surface area contributed by atoms with Crippen LogP contribution in [0.1, 0.15) is 40.0 Å². The van der Waals surface area contributed by atoms with Crippen LogP contribution >= 0.6 is 0 Å². The summed E-state index contributed by atoms with van der Waals surface area (Å²) in [4.78, 5) is 12.1. The van der Waals surface area contributed by atoms with Crippen molar-refractivity contribution in [3.8, 4) is 0 Å². The molecule has 0 aromatic heterocycles. The molecular formula is C11H22N2O3S. The molecule has 100 valence electrons. The maximum Gasteiger partial charge on any atom is 0.240 e. The van der Waals surface area contributed by atoms with Gasteiger partial charge in [-0.25, -0.2) is 8.42 Å². The second-order valence-electron chi connectivity index (χ2n) is 4.98. The summed E-state index contributed by atoms with van der Waals surface area (Å²) < 4.78 is 25.6. The predicted molar refractivity (Wildman–Crippen MR) is 67.0 cm³/mol.